The van der Waals surface area contributed by atoms with E-state index in [1.807, 2.05) is 0 Å². The molecule has 1 aliphatic heterocycles. The first-order valence-electron chi connectivity index (χ1n) is 4.02. The fourth-order valence-electron chi connectivity index (χ4n) is 1.16. The number of hydrogen-bond acceptors (Lipinski definition) is 5. The Morgan fingerprint density at radius 3 is 1.77 bits per heavy atom. The third-order valence-corrected chi connectivity index (χ3v) is 1.61. The number of carbonyl (C=O) groups is 2. The molecule has 0 aromatic heterocycles. The van der Waals surface area contributed by atoms with Crippen molar-refractivity contribution in [2.24, 2.45) is 0 Å². The van der Waals surface area contributed by atoms with Gasteiger partial charge in [-0.2, -0.15) is 0 Å². The van der Waals surface area contributed by atoms with Crippen LogP contribution >= 0.6 is 0 Å². The summed E-state index contributed by atoms with van der Waals surface area (Å²) in [7, 11) is 0. The predicted octanol–water partition coefficient (Wildman–Crippen LogP) is -0.120. The number of ether oxygens (including phenoxy) is 3. The summed E-state index contributed by atoms with van der Waals surface area (Å²) in [5, 5.41) is 0. The molecule has 0 bridgehead atoms. The molecule has 1 heterocycles. The molecule has 5 heteroatoms. The Hall–Kier alpha value is -1.10. The molecule has 5 nitrogen and oxygen atoms in total. The van der Waals surface area contributed by atoms with Crippen molar-refractivity contribution in [3.63, 3.8) is 0 Å². The highest BCUT2D eigenvalue weighted by Crippen LogP contribution is 2.13. The standard InChI is InChI=1S/C8H12O5/c1-5(9)12-7-3-11-4-8(7)13-6(2)10/h7-8H,3-4H2,1-2H3/t7-,8+. The monoisotopic (exact) mass is 188 g/mol. The van der Waals surface area contributed by atoms with E-state index in [1.54, 1.807) is 0 Å². The SMILES string of the molecule is CC(=O)O[C@H]1COC[C@H]1OC(C)=O. The van der Waals surface area contributed by atoms with Crippen molar-refractivity contribution in [3.05, 3.63) is 0 Å². The van der Waals surface area contributed by atoms with Crippen molar-refractivity contribution in [1.29, 1.82) is 0 Å². The lowest BCUT2D eigenvalue weighted by molar-refractivity contribution is -0.160. The first kappa shape index (κ1) is 9.98. The molecule has 0 aromatic rings. The fraction of sp³-hybridized carbons (Fsp3) is 0.750. The summed E-state index contributed by atoms with van der Waals surface area (Å²) >= 11 is 0. The molecular formula is C8H12O5. The molecule has 74 valence electrons. The second kappa shape index (κ2) is 4.23. The average molecular weight is 188 g/mol. The maximum Gasteiger partial charge on any atom is 0.303 e. The van der Waals surface area contributed by atoms with E-state index in [2.05, 4.69) is 0 Å². The Balaban J connectivity index is 2.43. The lowest BCUT2D eigenvalue weighted by atomic mass is 10.2. The third kappa shape index (κ3) is 3.02. The largest absolute Gasteiger partial charge is 0.456 e. The second-order valence-corrected chi connectivity index (χ2v) is 2.83. The lowest BCUT2D eigenvalue weighted by Gasteiger charge is -2.16. The van der Waals surface area contributed by atoms with Crippen LogP contribution in [-0.2, 0) is 23.8 Å². The Morgan fingerprint density at radius 2 is 1.46 bits per heavy atom. The Bertz CT molecular complexity index is 191. The number of hydrogen-bond donors (Lipinski definition) is 0. The lowest BCUT2D eigenvalue weighted by Crippen LogP contribution is -2.32. The smallest absolute Gasteiger partial charge is 0.303 e. The molecule has 0 aliphatic carbocycles. The summed E-state index contributed by atoms with van der Waals surface area (Å²) in [4.78, 5) is 21.2. The van der Waals surface area contributed by atoms with Crippen LogP contribution in [0.2, 0.25) is 0 Å². The summed E-state index contributed by atoms with van der Waals surface area (Å²) < 4.78 is 14.8. The zero-order valence-corrected chi connectivity index (χ0v) is 7.61. The highest BCUT2D eigenvalue weighted by atomic mass is 16.6. The molecule has 1 rings (SSSR count). The van der Waals surface area contributed by atoms with Gasteiger partial charge in [0.15, 0.2) is 12.2 Å². The summed E-state index contributed by atoms with van der Waals surface area (Å²) in [5.41, 5.74) is 0. The summed E-state index contributed by atoms with van der Waals surface area (Å²) in [6.07, 6.45) is -0.914. The molecule has 0 spiro atoms. The van der Waals surface area contributed by atoms with Gasteiger partial charge in [-0.25, -0.2) is 0 Å². The Labute approximate surface area is 76.0 Å². The van der Waals surface area contributed by atoms with Gasteiger partial charge in [-0.3, -0.25) is 9.59 Å². The molecule has 2 atom stereocenters. The van der Waals surface area contributed by atoms with E-state index in [-0.39, 0.29) is 13.2 Å². The van der Waals surface area contributed by atoms with Gasteiger partial charge >= 0.3 is 11.9 Å². The zero-order chi connectivity index (χ0) is 9.84. The molecule has 0 radical (unpaired) electrons. The van der Waals surface area contributed by atoms with Crippen molar-refractivity contribution in [3.8, 4) is 0 Å². The van der Waals surface area contributed by atoms with Crippen LogP contribution in [0.4, 0.5) is 0 Å². The average Bonchev–Trinajstić information content (AvgIpc) is 2.34. The summed E-state index contributed by atoms with van der Waals surface area (Å²) in [6.45, 7) is 3.20. The van der Waals surface area contributed by atoms with Crippen LogP contribution in [0.3, 0.4) is 0 Å². The predicted molar refractivity (Wildman–Crippen MR) is 41.9 cm³/mol. The zero-order valence-electron chi connectivity index (χ0n) is 7.61. The third-order valence-electron chi connectivity index (χ3n) is 1.61. The highest BCUT2D eigenvalue weighted by molar-refractivity contribution is 5.67. The second-order valence-electron chi connectivity index (χ2n) is 2.83. The van der Waals surface area contributed by atoms with E-state index in [1.165, 1.54) is 13.8 Å². The van der Waals surface area contributed by atoms with E-state index in [0.29, 0.717) is 0 Å². The fourth-order valence-corrected chi connectivity index (χ4v) is 1.16. The van der Waals surface area contributed by atoms with E-state index < -0.39 is 24.1 Å². The quantitative estimate of drug-likeness (QED) is 0.565. The van der Waals surface area contributed by atoms with E-state index in [4.69, 9.17) is 14.2 Å². The minimum atomic E-state index is -0.457. The topological polar surface area (TPSA) is 61.8 Å². The minimum Gasteiger partial charge on any atom is -0.456 e. The number of carbonyl (C=O) groups excluding carboxylic acids is 2. The summed E-state index contributed by atoms with van der Waals surface area (Å²) in [6, 6.07) is 0. The van der Waals surface area contributed by atoms with Gasteiger partial charge in [0.25, 0.3) is 0 Å². The first-order chi connectivity index (χ1) is 6.09. The van der Waals surface area contributed by atoms with Crippen molar-refractivity contribution >= 4 is 11.9 Å². The maximum absolute atomic E-state index is 10.6. The van der Waals surface area contributed by atoms with E-state index in [0.717, 1.165) is 0 Å². The van der Waals surface area contributed by atoms with Crippen molar-refractivity contribution in [2.75, 3.05) is 13.2 Å². The van der Waals surface area contributed by atoms with Crippen molar-refractivity contribution < 1.29 is 23.8 Å². The number of esters is 2. The molecular weight excluding hydrogens is 176 g/mol. The molecule has 1 aliphatic rings. The van der Waals surface area contributed by atoms with Gasteiger partial charge < -0.3 is 14.2 Å². The van der Waals surface area contributed by atoms with Gasteiger partial charge in [0.2, 0.25) is 0 Å². The van der Waals surface area contributed by atoms with Gasteiger partial charge in [0.1, 0.15) is 0 Å². The van der Waals surface area contributed by atoms with Crippen LogP contribution in [0.1, 0.15) is 13.8 Å². The van der Waals surface area contributed by atoms with E-state index >= 15 is 0 Å². The van der Waals surface area contributed by atoms with Gasteiger partial charge in [0, 0.05) is 13.8 Å². The normalized spacial score (nSPS) is 26.9. The van der Waals surface area contributed by atoms with Crippen LogP contribution in [-0.4, -0.2) is 37.4 Å². The van der Waals surface area contributed by atoms with Crippen LogP contribution < -0.4 is 0 Å². The molecule has 13 heavy (non-hydrogen) atoms. The molecule has 1 saturated heterocycles. The van der Waals surface area contributed by atoms with Gasteiger partial charge in [-0.1, -0.05) is 0 Å². The van der Waals surface area contributed by atoms with Crippen LogP contribution in [0, 0.1) is 0 Å². The van der Waals surface area contributed by atoms with Gasteiger partial charge in [0.05, 0.1) is 13.2 Å². The van der Waals surface area contributed by atoms with Crippen molar-refractivity contribution in [2.45, 2.75) is 26.1 Å². The minimum absolute atomic E-state index is 0.289. The van der Waals surface area contributed by atoms with Gasteiger partial charge in [-0.15, -0.1) is 0 Å². The molecule has 0 aromatic carbocycles. The first-order valence-corrected chi connectivity index (χ1v) is 4.02. The van der Waals surface area contributed by atoms with Crippen LogP contribution in [0.15, 0.2) is 0 Å². The molecule has 0 unspecified atom stereocenters. The molecule has 0 saturated carbocycles. The maximum atomic E-state index is 10.6. The van der Waals surface area contributed by atoms with Crippen LogP contribution in [0.25, 0.3) is 0 Å². The van der Waals surface area contributed by atoms with Crippen molar-refractivity contribution in [1.82, 2.24) is 0 Å². The number of rotatable bonds is 2. The Morgan fingerprint density at radius 1 is 1.08 bits per heavy atom. The van der Waals surface area contributed by atoms with Crippen LogP contribution in [0.5, 0.6) is 0 Å². The molecule has 1 fully saturated rings. The molecule has 0 amide bonds. The van der Waals surface area contributed by atoms with Gasteiger partial charge in [-0.05, 0) is 0 Å². The molecule has 0 N–H and O–H groups in total. The highest BCUT2D eigenvalue weighted by Gasteiger charge is 2.33. The Kier molecular flexibility index (Phi) is 3.25. The summed E-state index contributed by atoms with van der Waals surface area (Å²) in [5.74, 6) is -0.791. The van der Waals surface area contributed by atoms with E-state index in [9.17, 15) is 9.59 Å².